The third kappa shape index (κ3) is 4.51. The minimum absolute atomic E-state index is 0.294. The smallest absolute Gasteiger partial charge is 0.303 e. The molecule has 29 heavy (non-hydrogen) atoms. The van der Waals surface area contributed by atoms with Crippen LogP contribution in [-0.2, 0) is 21.2 Å². The Morgan fingerprint density at radius 1 is 1.21 bits per heavy atom. The predicted octanol–water partition coefficient (Wildman–Crippen LogP) is 2.29. The molecule has 0 radical (unpaired) electrons. The number of phosphoric acid groups is 1. The maximum absolute atomic E-state index is 14.8. The summed E-state index contributed by atoms with van der Waals surface area (Å²) in [5.74, 6) is -4.25. The zero-order chi connectivity index (χ0) is 21.2. The van der Waals surface area contributed by atoms with Crippen LogP contribution in [0.5, 0.6) is 0 Å². The molecule has 1 aromatic carbocycles. The molecule has 0 saturated carbocycles. The van der Waals surface area contributed by atoms with Gasteiger partial charge in [0.05, 0.1) is 18.4 Å². The minimum Gasteiger partial charge on any atom is -0.303 e. The maximum atomic E-state index is 14.8. The largest absolute Gasteiger partial charge is 0.470 e. The lowest BCUT2D eigenvalue weighted by Crippen LogP contribution is -2.41. The first kappa shape index (κ1) is 21.1. The van der Waals surface area contributed by atoms with Gasteiger partial charge in [0.1, 0.15) is 36.2 Å². The van der Waals surface area contributed by atoms with Crippen molar-refractivity contribution in [3.8, 4) is 0 Å². The summed E-state index contributed by atoms with van der Waals surface area (Å²) in [7, 11) is -5.28. The maximum Gasteiger partial charge on any atom is 0.470 e. The van der Waals surface area contributed by atoms with Gasteiger partial charge in [-0.1, -0.05) is 13.0 Å². The van der Waals surface area contributed by atoms with E-state index in [1.165, 1.54) is 13.3 Å². The molecule has 154 valence electrons. The van der Waals surface area contributed by atoms with E-state index in [0.29, 0.717) is 6.07 Å². The Hall–Kier alpha value is -2.66. The third-order valence-electron chi connectivity index (χ3n) is 4.34. The van der Waals surface area contributed by atoms with Crippen molar-refractivity contribution < 1.29 is 32.0 Å². The molecule has 2 N–H and O–H groups in total. The zero-order valence-corrected chi connectivity index (χ0v) is 15.7. The van der Waals surface area contributed by atoms with Crippen molar-refractivity contribution in [2.45, 2.75) is 25.0 Å². The molecule has 2 heterocycles. The number of rotatable bonds is 7. The van der Waals surface area contributed by atoms with Gasteiger partial charge in [-0.3, -0.25) is 4.52 Å². The van der Waals surface area contributed by atoms with Crippen molar-refractivity contribution >= 4 is 7.82 Å². The molecule has 0 unspecified atom stereocenters. The standard InChI is InChI=1S/C16H15F3N5O4P/c1-10(15-14(19)5-20-7-22-15)16(28-29(25,26)27,6-24-9-21-8-23-24)12-3-2-11(17)4-13(12)18/h2-5,7-10H,6H2,1H3,(H2,25,26,27)/t10-,16-/m1/s1. The van der Waals surface area contributed by atoms with Crippen molar-refractivity contribution in [3.63, 3.8) is 0 Å². The Balaban J connectivity index is 2.29. The lowest BCUT2D eigenvalue weighted by atomic mass is 9.79. The molecular formula is C16H15F3N5O4P. The molecular weight excluding hydrogens is 414 g/mol. The van der Waals surface area contributed by atoms with Crippen LogP contribution in [0.25, 0.3) is 0 Å². The second-order valence-corrected chi connectivity index (χ2v) is 7.33. The highest BCUT2D eigenvalue weighted by molar-refractivity contribution is 7.46. The van der Waals surface area contributed by atoms with E-state index in [4.69, 9.17) is 4.52 Å². The third-order valence-corrected chi connectivity index (χ3v) is 4.90. The van der Waals surface area contributed by atoms with Crippen LogP contribution in [0.1, 0.15) is 24.1 Å². The van der Waals surface area contributed by atoms with Gasteiger partial charge in [-0.05, 0) is 6.07 Å². The zero-order valence-electron chi connectivity index (χ0n) is 14.9. The molecule has 0 aliphatic carbocycles. The Morgan fingerprint density at radius 2 is 1.97 bits per heavy atom. The number of benzene rings is 1. The van der Waals surface area contributed by atoms with Crippen LogP contribution in [0, 0.1) is 17.5 Å². The molecule has 2 atom stereocenters. The molecule has 0 aliphatic rings. The number of halogens is 3. The van der Waals surface area contributed by atoms with E-state index in [1.54, 1.807) is 0 Å². The van der Waals surface area contributed by atoms with Crippen molar-refractivity contribution in [1.29, 1.82) is 0 Å². The van der Waals surface area contributed by atoms with Crippen molar-refractivity contribution in [3.05, 3.63) is 72.1 Å². The lowest BCUT2D eigenvalue weighted by molar-refractivity contribution is -0.0125. The van der Waals surface area contributed by atoms with Crippen LogP contribution in [-0.4, -0.2) is 34.5 Å². The summed E-state index contributed by atoms with van der Waals surface area (Å²) in [5, 5.41) is 3.85. The molecule has 0 spiro atoms. The first-order valence-corrected chi connectivity index (χ1v) is 9.65. The molecule has 0 aliphatic heterocycles. The first-order chi connectivity index (χ1) is 13.6. The Morgan fingerprint density at radius 3 is 2.55 bits per heavy atom. The monoisotopic (exact) mass is 429 g/mol. The van der Waals surface area contributed by atoms with Gasteiger partial charge in [0, 0.05) is 17.5 Å². The second-order valence-electron chi connectivity index (χ2n) is 6.17. The summed E-state index contributed by atoms with van der Waals surface area (Å²) in [4.78, 5) is 30.2. The molecule has 3 aromatic rings. The second kappa shape index (κ2) is 7.99. The quantitative estimate of drug-likeness (QED) is 0.549. The van der Waals surface area contributed by atoms with E-state index in [2.05, 4.69) is 20.1 Å². The van der Waals surface area contributed by atoms with Gasteiger partial charge in [0.25, 0.3) is 0 Å². The van der Waals surface area contributed by atoms with Crippen LogP contribution in [0.2, 0.25) is 0 Å². The van der Waals surface area contributed by atoms with Crippen molar-refractivity contribution in [2.75, 3.05) is 0 Å². The van der Waals surface area contributed by atoms with Crippen LogP contribution in [0.4, 0.5) is 13.2 Å². The van der Waals surface area contributed by atoms with Crippen LogP contribution >= 0.6 is 7.82 Å². The summed E-state index contributed by atoms with van der Waals surface area (Å²) in [5.41, 5.74) is -2.96. The Labute approximate surface area is 162 Å². The van der Waals surface area contributed by atoms with Gasteiger partial charge in [-0.15, -0.1) is 0 Å². The van der Waals surface area contributed by atoms with Crippen LogP contribution < -0.4 is 0 Å². The van der Waals surface area contributed by atoms with Gasteiger partial charge in [-0.2, -0.15) is 5.10 Å². The Kier molecular flexibility index (Phi) is 5.80. The van der Waals surface area contributed by atoms with Gasteiger partial charge in [0.2, 0.25) is 0 Å². The summed E-state index contributed by atoms with van der Waals surface area (Å²) in [6.07, 6.45) is 4.20. The number of aromatic nitrogens is 5. The topological polar surface area (TPSA) is 123 Å². The molecule has 13 heteroatoms. The van der Waals surface area contributed by atoms with Crippen LogP contribution in [0.15, 0.2) is 43.4 Å². The van der Waals surface area contributed by atoms with Crippen molar-refractivity contribution in [1.82, 2.24) is 24.7 Å². The SMILES string of the molecule is C[C@H](c1ncncc1F)[C@@](Cn1cncn1)(OP(=O)(O)O)c1ccc(F)cc1F. The molecule has 0 bridgehead atoms. The molecule has 2 aromatic heterocycles. The van der Waals surface area contributed by atoms with E-state index in [0.717, 1.165) is 35.7 Å². The average molecular weight is 429 g/mol. The summed E-state index contributed by atoms with van der Waals surface area (Å²) in [6.45, 7) is 0.839. The summed E-state index contributed by atoms with van der Waals surface area (Å²) < 4.78 is 60.7. The average Bonchev–Trinajstić information content (AvgIpc) is 3.12. The number of phosphoric ester groups is 1. The number of hydrogen-bond donors (Lipinski definition) is 2. The highest BCUT2D eigenvalue weighted by Gasteiger charge is 2.49. The van der Waals surface area contributed by atoms with Crippen molar-refractivity contribution in [2.24, 2.45) is 0 Å². The van der Waals surface area contributed by atoms with E-state index in [1.807, 2.05) is 0 Å². The molecule has 0 fully saturated rings. The van der Waals surface area contributed by atoms with Gasteiger partial charge in [0.15, 0.2) is 5.82 Å². The number of nitrogens with zero attached hydrogens (tertiary/aromatic N) is 5. The number of hydrogen-bond acceptors (Lipinski definition) is 6. The Bertz CT molecular complexity index is 1050. The highest BCUT2D eigenvalue weighted by atomic mass is 31.2. The fourth-order valence-corrected chi connectivity index (χ4v) is 3.81. The molecule has 0 saturated heterocycles. The van der Waals surface area contributed by atoms with E-state index >= 15 is 0 Å². The fourth-order valence-electron chi connectivity index (χ4n) is 3.07. The van der Waals surface area contributed by atoms with E-state index in [-0.39, 0.29) is 5.69 Å². The fraction of sp³-hybridized carbons (Fsp3) is 0.250. The lowest BCUT2D eigenvalue weighted by Gasteiger charge is -2.38. The highest BCUT2D eigenvalue weighted by Crippen LogP contribution is 2.52. The van der Waals surface area contributed by atoms with E-state index in [9.17, 15) is 27.5 Å². The molecule has 9 nitrogen and oxygen atoms in total. The summed E-state index contributed by atoms with van der Waals surface area (Å²) in [6, 6.07) is 2.38. The van der Waals surface area contributed by atoms with Crippen LogP contribution in [0.3, 0.4) is 0 Å². The van der Waals surface area contributed by atoms with Gasteiger partial charge in [-0.25, -0.2) is 37.4 Å². The van der Waals surface area contributed by atoms with Gasteiger partial charge >= 0.3 is 7.82 Å². The molecule has 3 rings (SSSR count). The summed E-state index contributed by atoms with van der Waals surface area (Å²) >= 11 is 0. The predicted molar refractivity (Wildman–Crippen MR) is 91.6 cm³/mol. The first-order valence-electron chi connectivity index (χ1n) is 8.12. The molecule has 0 amide bonds. The normalized spacial score (nSPS) is 15.1. The van der Waals surface area contributed by atoms with Gasteiger partial charge < -0.3 is 9.79 Å². The van der Waals surface area contributed by atoms with E-state index < -0.39 is 48.9 Å². The minimum atomic E-state index is -5.28.